The molecule has 0 unspecified atom stereocenters. The standard InChI is InChI=1S/C9H8ClN5O2S/c10-7-2-1-6(15(16)17)3-5(7)4-18-9-12-8(11)13-14-9/h1-3H,4H2,(H3,11,12,13,14). The van der Waals surface area contributed by atoms with Crippen LogP contribution in [0.25, 0.3) is 0 Å². The number of halogens is 1. The zero-order valence-electron chi connectivity index (χ0n) is 8.96. The van der Waals surface area contributed by atoms with Gasteiger partial charge in [0.1, 0.15) is 0 Å². The predicted molar refractivity (Wildman–Crippen MR) is 68.5 cm³/mol. The third-order valence-electron chi connectivity index (χ3n) is 2.08. The predicted octanol–water partition coefficient (Wildman–Crippen LogP) is 2.24. The molecular formula is C9H8ClN5O2S. The first kappa shape index (κ1) is 12.7. The number of nitro groups is 1. The number of anilines is 1. The molecule has 0 aliphatic carbocycles. The number of nitrogen functional groups attached to an aromatic ring is 1. The summed E-state index contributed by atoms with van der Waals surface area (Å²) in [6.45, 7) is 0. The SMILES string of the molecule is Nc1nc(SCc2cc([N+](=O)[O-])ccc2Cl)n[nH]1. The molecule has 1 heterocycles. The smallest absolute Gasteiger partial charge is 0.269 e. The van der Waals surface area contributed by atoms with Crippen LogP contribution in [0.15, 0.2) is 23.4 Å². The number of benzene rings is 1. The molecule has 0 aliphatic heterocycles. The largest absolute Gasteiger partial charge is 0.368 e. The Morgan fingerprint density at radius 2 is 2.33 bits per heavy atom. The number of H-pyrrole nitrogens is 1. The molecule has 1 aromatic carbocycles. The summed E-state index contributed by atoms with van der Waals surface area (Å²) in [4.78, 5) is 14.1. The second kappa shape index (κ2) is 5.23. The van der Waals surface area contributed by atoms with Crippen LogP contribution in [0, 0.1) is 10.1 Å². The molecule has 0 atom stereocenters. The molecule has 1 aromatic heterocycles. The molecule has 3 N–H and O–H groups in total. The Morgan fingerprint density at radius 1 is 1.56 bits per heavy atom. The van der Waals surface area contributed by atoms with Gasteiger partial charge in [-0.3, -0.25) is 10.1 Å². The van der Waals surface area contributed by atoms with Crippen molar-refractivity contribution in [1.82, 2.24) is 15.2 Å². The molecule has 0 saturated heterocycles. The Hall–Kier alpha value is -1.80. The average molecular weight is 286 g/mol. The first-order chi connectivity index (χ1) is 8.56. The van der Waals surface area contributed by atoms with Crippen LogP contribution < -0.4 is 5.73 Å². The van der Waals surface area contributed by atoms with Gasteiger partial charge >= 0.3 is 0 Å². The van der Waals surface area contributed by atoms with E-state index in [-0.39, 0.29) is 11.6 Å². The highest BCUT2D eigenvalue weighted by atomic mass is 35.5. The summed E-state index contributed by atoms with van der Waals surface area (Å²) in [6, 6.07) is 4.30. The van der Waals surface area contributed by atoms with E-state index < -0.39 is 4.92 Å². The number of nitrogens with zero attached hydrogens (tertiary/aromatic N) is 3. The lowest BCUT2D eigenvalue weighted by molar-refractivity contribution is -0.384. The molecule has 2 rings (SSSR count). The average Bonchev–Trinajstić information content (AvgIpc) is 2.74. The fourth-order valence-electron chi connectivity index (χ4n) is 1.25. The summed E-state index contributed by atoms with van der Waals surface area (Å²) < 4.78 is 0. The van der Waals surface area contributed by atoms with Crippen molar-refractivity contribution in [3.63, 3.8) is 0 Å². The van der Waals surface area contributed by atoms with Crippen molar-refractivity contribution in [2.24, 2.45) is 0 Å². The number of nitrogens with one attached hydrogen (secondary N) is 1. The minimum Gasteiger partial charge on any atom is -0.368 e. The van der Waals surface area contributed by atoms with E-state index >= 15 is 0 Å². The molecule has 9 heteroatoms. The van der Waals surface area contributed by atoms with Crippen molar-refractivity contribution in [2.75, 3.05) is 5.73 Å². The molecule has 18 heavy (non-hydrogen) atoms. The zero-order chi connectivity index (χ0) is 13.1. The van der Waals surface area contributed by atoms with E-state index in [4.69, 9.17) is 17.3 Å². The maximum absolute atomic E-state index is 10.7. The molecular weight excluding hydrogens is 278 g/mol. The van der Waals surface area contributed by atoms with Crippen LogP contribution >= 0.6 is 23.4 Å². The first-order valence-electron chi connectivity index (χ1n) is 4.80. The summed E-state index contributed by atoms with van der Waals surface area (Å²) >= 11 is 7.25. The van der Waals surface area contributed by atoms with Gasteiger partial charge in [0.05, 0.1) is 4.92 Å². The quantitative estimate of drug-likeness (QED) is 0.506. The van der Waals surface area contributed by atoms with Gasteiger partial charge in [-0.2, -0.15) is 4.98 Å². The lowest BCUT2D eigenvalue weighted by Gasteiger charge is -2.01. The molecule has 0 bridgehead atoms. The van der Waals surface area contributed by atoms with Crippen LogP contribution in [0.4, 0.5) is 11.6 Å². The number of aromatic amines is 1. The van der Waals surface area contributed by atoms with Gasteiger partial charge in [-0.1, -0.05) is 23.4 Å². The van der Waals surface area contributed by atoms with Gasteiger partial charge in [-0.05, 0) is 11.6 Å². The molecule has 0 fully saturated rings. The molecule has 0 radical (unpaired) electrons. The Balaban J connectivity index is 2.13. The van der Waals surface area contributed by atoms with Crippen molar-refractivity contribution in [3.8, 4) is 0 Å². The third kappa shape index (κ3) is 2.90. The summed E-state index contributed by atoms with van der Waals surface area (Å²) in [7, 11) is 0. The van der Waals surface area contributed by atoms with Crippen molar-refractivity contribution in [3.05, 3.63) is 38.9 Å². The van der Waals surface area contributed by atoms with E-state index in [0.717, 1.165) is 0 Å². The van der Waals surface area contributed by atoms with Crippen molar-refractivity contribution >= 4 is 35.0 Å². The van der Waals surface area contributed by atoms with Crippen molar-refractivity contribution in [2.45, 2.75) is 10.9 Å². The van der Waals surface area contributed by atoms with Gasteiger partial charge in [-0.25, -0.2) is 5.10 Å². The molecule has 7 nitrogen and oxygen atoms in total. The van der Waals surface area contributed by atoms with Crippen LogP contribution in [-0.2, 0) is 5.75 Å². The topological polar surface area (TPSA) is 111 Å². The van der Waals surface area contributed by atoms with Crippen LogP contribution in [0.2, 0.25) is 5.02 Å². The van der Waals surface area contributed by atoms with E-state index in [0.29, 0.717) is 21.5 Å². The van der Waals surface area contributed by atoms with Gasteiger partial charge in [-0.15, -0.1) is 5.10 Å². The molecule has 0 aliphatic rings. The van der Waals surface area contributed by atoms with Crippen LogP contribution in [0.5, 0.6) is 0 Å². The molecule has 0 amide bonds. The number of hydrogen-bond acceptors (Lipinski definition) is 6. The van der Waals surface area contributed by atoms with Gasteiger partial charge in [0, 0.05) is 22.9 Å². The van der Waals surface area contributed by atoms with Crippen LogP contribution in [0.3, 0.4) is 0 Å². The lowest BCUT2D eigenvalue weighted by Crippen LogP contribution is -1.91. The second-order valence-corrected chi connectivity index (χ2v) is 4.67. The number of nitrogens with two attached hydrogens (primary N) is 1. The number of non-ortho nitro benzene ring substituents is 1. The van der Waals surface area contributed by atoms with Crippen molar-refractivity contribution in [1.29, 1.82) is 0 Å². The summed E-state index contributed by atoms with van der Waals surface area (Å²) in [5.74, 6) is 0.653. The summed E-state index contributed by atoms with van der Waals surface area (Å²) in [6.07, 6.45) is 0. The summed E-state index contributed by atoms with van der Waals surface area (Å²) in [5, 5.41) is 17.9. The number of hydrogen-bond donors (Lipinski definition) is 2. The van der Waals surface area contributed by atoms with E-state index in [9.17, 15) is 10.1 Å². The zero-order valence-corrected chi connectivity index (χ0v) is 10.5. The van der Waals surface area contributed by atoms with E-state index in [2.05, 4.69) is 15.2 Å². The van der Waals surface area contributed by atoms with Gasteiger partial charge in [0.25, 0.3) is 5.69 Å². The summed E-state index contributed by atoms with van der Waals surface area (Å²) in [5.41, 5.74) is 6.04. The highest BCUT2D eigenvalue weighted by Crippen LogP contribution is 2.27. The van der Waals surface area contributed by atoms with Gasteiger partial charge < -0.3 is 5.73 Å². The minimum absolute atomic E-state index is 0.00417. The molecule has 0 spiro atoms. The Labute approximate surface area is 111 Å². The van der Waals surface area contributed by atoms with Crippen LogP contribution in [0.1, 0.15) is 5.56 Å². The van der Waals surface area contributed by atoms with E-state index in [1.165, 1.54) is 30.0 Å². The Kier molecular flexibility index (Phi) is 3.68. The van der Waals surface area contributed by atoms with E-state index in [1.54, 1.807) is 0 Å². The minimum atomic E-state index is -0.463. The normalized spacial score (nSPS) is 10.5. The van der Waals surface area contributed by atoms with Gasteiger partial charge in [0.2, 0.25) is 11.1 Å². The maximum Gasteiger partial charge on any atom is 0.269 e. The third-order valence-corrected chi connectivity index (χ3v) is 3.34. The number of nitro benzene ring substituents is 1. The van der Waals surface area contributed by atoms with Crippen LogP contribution in [-0.4, -0.2) is 20.1 Å². The highest BCUT2D eigenvalue weighted by Gasteiger charge is 2.11. The Morgan fingerprint density at radius 3 is 2.94 bits per heavy atom. The molecule has 0 saturated carbocycles. The fraction of sp³-hybridized carbons (Fsp3) is 0.111. The van der Waals surface area contributed by atoms with Gasteiger partial charge in [0.15, 0.2) is 0 Å². The monoisotopic (exact) mass is 285 g/mol. The highest BCUT2D eigenvalue weighted by molar-refractivity contribution is 7.98. The number of rotatable bonds is 4. The fourth-order valence-corrected chi connectivity index (χ4v) is 2.31. The number of thioether (sulfide) groups is 1. The second-order valence-electron chi connectivity index (χ2n) is 3.32. The lowest BCUT2D eigenvalue weighted by atomic mass is 10.2. The maximum atomic E-state index is 10.7. The molecule has 94 valence electrons. The number of aromatic nitrogens is 3. The first-order valence-corrected chi connectivity index (χ1v) is 6.16. The molecule has 2 aromatic rings. The van der Waals surface area contributed by atoms with Crippen molar-refractivity contribution < 1.29 is 4.92 Å². The Bertz CT molecular complexity index is 588. The van der Waals surface area contributed by atoms with E-state index in [1.807, 2.05) is 0 Å².